The fourth-order valence-corrected chi connectivity index (χ4v) is 4.80. The number of benzene rings is 1. The third-order valence-electron chi connectivity index (χ3n) is 6.47. The van der Waals surface area contributed by atoms with Crippen molar-refractivity contribution in [1.29, 1.82) is 0 Å². The molecule has 0 radical (unpaired) electrons. The molecule has 8 nitrogen and oxygen atoms in total. The second-order valence-corrected chi connectivity index (χ2v) is 8.77. The first kappa shape index (κ1) is 23.8. The molecule has 1 aromatic heterocycles. The van der Waals surface area contributed by atoms with E-state index in [1.807, 2.05) is 37.3 Å². The Morgan fingerprint density at radius 3 is 2.35 bits per heavy atom. The number of nitrogens with one attached hydrogen (secondary N) is 2. The number of imidazole rings is 1. The van der Waals surface area contributed by atoms with Gasteiger partial charge < -0.3 is 19.8 Å². The minimum Gasteiger partial charge on any atom is -0.466 e. The molecule has 2 aliphatic rings. The first-order valence-corrected chi connectivity index (χ1v) is 11.7. The molecule has 8 heteroatoms. The standard InChI is InChI=1S/C26H32N4O4/c1-17-21(25(31)33-3)23(24-27-12-13-28-24)22(18(2)29-17)26(32)34-20(19-10-6-4-7-11-19)16-30-14-8-5-9-15-30/h4,6-7,10-13,20,23,29H,5,8-9,14-16H2,1-3H3,(H,27,28). The van der Waals surface area contributed by atoms with Crippen molar-refractivity contribution in [3.8, 4) is 0 Å². The molecule has 0 saturated carbocycles. The van der Waals surface area contributed by atoms with E-state index in [2.05, 4.69) is 20.2 Å². The minimum absolute atomic E-state index is 0.335. The molecule has 2 aliphatic heterocycles. The zero-order valence-corrected chi connectivity index (χ0v) is 20.0. The number of hydrogen-bond donors (Lipinski definition) is 2. The zero-order valence-electron chi connectivity index (χ0n) is 20.0. The monoisotopic (exact) mass is 464 g/mol. The molecular weight excluding hydrogens is 432 g/mol. The molecule has 3 heterocycles. The normalized spacial score (nSPS) is 20.0. The van der Waals surface area contributed by atoms with Gasteiger partial charge >= 0.3 is 11.9 Å². The zero-order chi connectivity index (χ0) is 24.1. The number of aromatic nitrogens is 2. The van der Waals surface area contributed by atoms with E-state index in [0.29, 0.717) is 34.9 Å². The third kappa shape index (κ3) is 5.07. The number of nitrogens with zero attached hydrogens (tertiary/aromatic N) is 2. The van der Waals surface area contributed by atoms with Crippen molar-refractivity contribution in [2.75, 3.05) is 26.7 Å². The molecule has 2 unspecified atom stereocenters. The highest BCUT2D eigenvalue weighted by atomic mass is 16.5. The Morgan fingerprint density at radius 2 is 1.74 bits per heavy atom. The third-order valence-corrected chi connectivity index (χ3v) is 6.47. The van der Waals surface area contributed by atoms with Gasteiger partial charge in [0.1, 0.15) is 11.9 Å². The van der Waals surface area contributed by atoms with Crippen molar-refractivity contribution in [2.24, 2.45) is 0 Å². The number of esters is 2. The number of methoxy groups -OCH3 is 1. The number of rotatable bonds is 7. The maximum atomic E-state index is 13.7. The van der Waals surface area contributed by atoms with E-state index in [1.165, 1.54) is 13.5 Å². The molecule has 2 N–H and O–H groups in total. The topological polar surface area (TPSA) is 96.5 Å². The first-order valence-electron chi connectivity index (χ1n) is 11.7. The molecule has 2 atom stereocenters. The Morgan fingerprint density at radius 1 is 1.06 bits per heavy atom. The predicted molar refractivity (Wildman–Crippen MR) is 127 cm³/mol. The summed E-state index contributed by atoms with van der Waals surface area (Å²) in [4.78, 5) is 36.2. The number of ether oxygens (including phenoxy) is 2. The van der Waals surface area contributed by atoms with Crippen LogP contribution < -0.4 is 5.32 Å². The van der Waals surface area contributed by atoms with Crippen molar-refractivity contribution in [3.63, 3.8) is 0 Å². The molecule has 0 bridgehead atoms. The number of piperidine rings is 1. The first-order chi connectivity index (χ1) is 16.5. The van der Waals surface area contributed by atoms with Gasteiger partial charge in [0.05, 0.1) is 24.2 Å². The fourth-order valence-electron chi connectivity index (χ4n) is 4.80. The smallest absolute Gasteiger partial charge is 0.337 e. The van der Waals surface area contributed by atoms with E-state index in [1.54, 1.807) is 19.3 Å². The predicted octanol–water partition coefficient (Wildman–Crippen LogP) is 3.59. The van der Waals surface area contributed by atoms with E-state index >= 15 is 0 Å². The van der Waals surface area contributed by atoms with Crippen LogP contribution in [0.3, 0.4) is 0 Å². The van der Waals surface area contributed by atoms with Crippen molar-refractivity contribution >= 4 is 11.9 Å². The Labute approximate surface area is 200 Å². The molecule has 2 aromatic rings. The number of carbonyl (C=O) groups is 2. The molecule has 1 fully saturated rings. The summed E-state index contributed by atoms with van der Waals surface area (Å²) in [5, 5.41) is 3.17. The highest BCUT2D eigenvalue weighted by Crippen LogP contribution is 2.38. The molecule has 4 rings (SSSR count). The van der Waals surface area contributed by atoms with Gasteiger partial charge in [-0.2, -0.15) is 0 Å². The maximum absolute atomic E-state index is 13.7. The van der Waals surface area contributed by atoms with Crippen molar-refractivity contribution in [1.82, 2.24) is 20.2 Å². The number of dihydropyridines is 1. The number of H-pyrrole nitrogens is 1. The summed E-state index contributed by atoms with van der Waals surface area (Å²) >= 11 is 0. The molecule has 0 amide bonds. The van der Waals surface area contributed by atoms with Crippen LogP contribution in [0.1, 0.15) is 56.5 Å². The SMILES string of the molecule is COC(=O)C1=C(C)NC(C)=C(C(=O)OC(CN2CCCCC2)c2ccccc2)C1c1ncc[nH]1. The molecular formula is C26H32N4O4. The van der Waals surface area contributed by atoms with Crippen molar-refractivity contribution in [3.05, 3.63) is 76.7 Å². The van der Waals surface area contributed by atoms with Crippen LogP contribution in [-0.4, -0.2) is 53.6 Å². The highest BCUT2D eigenvalue weighted by molar-refractivity contribution is 5.99. The van der Waals surface area contributed by atoms with Crippen molar-refractivity contribution in [2.45, 2.75) is 45.1 Å². The molecule has 0 spiro atoms. The van der Waals surface area contributed by atoms with Crippen LogP contribution in [0.25, 0.3) is 0 Å². The number of aromatic amines is 1. The van der Waals surface area contributed by atoms with E-state index in [-0.39, 0.29) is 0 Å². The average Bonchev–Trinajstić information content (AvgIpc) is 3.38. The summed E-state index contributed by atoms with van der Waals surface area (Å²) in [6, 6.07) is 9.81. The molecule has 1 saturated heterocycles. The number of carbonyl (C=O) groups excluding carboxylic acids is 2. The van der Waals surface area contributed by atoms with E-state index in [0.717, 1.165) is 31.5 Å². The van der Waals surface area contributed by atoms with Crippen LogP contribution >= 0.6 is 0 Å². The Hall–Kier alpha value is -3.39. The van der Waals surface area contributed by atoms with Crippen LogP contribution in [0.5, 0.6) is 0 Å². The summed E-state index contributed by atoms with van der Waals surface area (Å²) < 4.78 is 11.2. The van der Waals surface area contributed by atoms with Gasteiger partial charge in [-0.1, -0.05) is 36.8 Å². The van der Waals surface area contributed by atoms with Gasteiger partial charge in [-0.15, -0.1) is 0 Å². The van der Waals surface area contributed by atoms with E-state index in [9.17, 15) is 9.59 Å². The van der Waals surface area contributed by atoms with Gasteiger partial charge in [0.25, 0.3) is 0 Å². The van der Waals surface area contributed by atoms with Gasteiger partial charge in [-0.25, -0.2) is 14.6 Å². The maximum Gasteiger partial charge on any atom is 0.337 e. The number of likely N-dealkylation sites (tertiary alicyclic amines) is 1. The lowest BCUT2D eigenvalue weighted by molar-refractivity contribution is -0.146. The van der Waals surface area contributed by atoms with Crippen LogP contribution in [0.15, 0.2) is 65.3 Å². The van der Waals surface area contributed by atoms with Crippen molar-refractivity contribution < 1.29 is 19.1 Å². The quantitative estimate of drug-likeness (QED) is 0.605. The van der Waals surface area contributed by atoms with Crippen LogP contribution in [-0.2, 0) is 19.1 Å². The fraction of sp³-hybridized carbons (Fsp3) is 0.423. The Balaban J connectivity index is 1.66. The summed E-state index contributed by atoms with van der Waals surface area (Å²) in [6.45, 7) is 6.21. The summed E-state index contributed by atoms with van der Waals surface area (Å²) in [7, 11) is 1.33. The lowest BCUT2D eigenvalue weighted by atomic mass is 9.84. The molecule has 180 valence electrons. The summed E-state index contributed by atoms with van der Waals surface area (Å²) in [5.74, 6) is -1.23. The van der Waals surface area contributed by atoms with Gasteiger partial charge in [0.2, 0.25) is 0 Å². The van der Waals surface area contributed by atoms with Crippen LogP contribution in [0, 0.1) is 0 Å². The molecule has 1 aromatic carbocycles. The van der Waals surface area contributed by atoms with E-state index in [4.69, 9.17) is 9.47 Å². The summed E-state index contributed by atoms with van der Waals surface area (Å²) in [6.07, 6.45) is 6.37. The molecule has 0 aliphatic carbocycles. The average molecular weight is 465 g/mol. The second-order valence-electron chi connectivity index (χ2n) is 8.77. The minimum atomic E-state index is -0.720. The highest BCUT2D eigenvalue weighted by Gasteiger charge is 2.40. The van der Waals surface area contributed by atoms with Gasteiger partial charge in [-0.05, 0) is 45.3 Å². The lowest BCUT2D eigenvalue weighted by Crippen LogP contribution is -2.36. The van der Waals surface area contributed by atoms with Gasteiger partial charge in [0, 0.05) is 30.3 Å². The van der Waals surface area contributed by atoms with Gasteiger partial charge in [0.15, 0.2) is 0 Å². The summed E-state index contributed by atoms with van der Waals surface area (Å²) in [5.41, 5.74) is 2.87. The lowest BCUT2D eigenvalue weighted by Gasteiger charge is -2.32. The number of allylic oxidation sites excluding steroid dienone is 2. The van der Waals surface area contributed by atoms with Crippen LogP contribution in [0.4, 0.5) is 0 Å². The van der Waals surface area contributed by atoms with E-state index < -0.39 is 24.0 Å². The number of hydrogen-bond acceptors (Lipinski definition) is 7. The second kappa shape index (κ2) is 10.7. The largest absolute Gasteiger partial charge is 0.466 e. The Kier molecular flexibility index (Phi) is 7.47. The molecule has 34 heavy (non-hydrogen) atoms. The Bertz CT molecular complexity index is 1070. The van der Waals surface area contributed by atoms with Crippen LogP contribution in [0.2, 0.25) is 0 Å². The van der Waals surface area contributed by atoms with Gasteiger partial charge in [-0.3, -0.25) is 4.90 Å².